The van der Waals surface area contributed by atoms with Gasteiger partial charge < -0.3 is 5.11 Å². The molecule has 3 aliphatic rings. The number of aliphatic carboxylic acids is 1. The number of carboxylic acid groups (broad SMARTS) is 1. The molecule has 0 saturated carbocycles. The van der Waals surface area contributed by atoms with E-state index in [4.69, 9.17) is 5.11 Å². The first kappa shape index (κ1) is 21.9. The van der Waals surface area contributed by atoms with Crippen LogP contribution in [0.4, 0.5) is 5.69 Å². The number of nitro groups is 1. The maximum atomic E-state index is 13.4. The van der Waals surface area contributed by atoms with Crippen molar-refractivity contribution in [3.63, 3.8) is 0 Å². The Labute approximate surface area is 181 Å². The Kier molecular flexibility index (Phi) is 6.14. The van der Waals surface area contributed by atoms with E-state index in [0.717, 1.165) is 32.4 Å². The molecule has 168 valence electrons. The number of allylic oxidation sites excluding steroid dienone is 1. The zero-order valence-corrected chi connectivity index (χ0v) is 18.0. The van der Waals surface area contributed by atoms with Gasteiger partial charge in [0.2, 0.25) is 10.0 Å². The van der Waals surface area contributed by atoms with Crippen molar-refractivity contribution in [2.75, 3.05) is 26.2 Å². The molecule has 0 spiro atoms. The fraction of sp³-hybridized carbons (Fsp3) is 0.571. The number of non-ortho nitro benzene ring substituents is 1. The first-order valence-corrected chi connectivity index (χ1v) is 12.1. The van der Waals surface area contributed by atoms with Crippen molar-refractivity contribution in [3.8, 4) is 0 Å². The molecule has 31 heavy (non-hydrogen) atoms. The van der Waals surface area contributed by atoms with Crippen LogP contribution in [-0.2, 0) is 14.8 Å². The molecule has 0 aromatic heterocycles. The molecular formula is C21H27N3O6S. The lowest BCUT2D eigenvalue weighted by molar-refractivity contribution is -0.384. The van der Waals surface area contributed by atoms with Crippen molar-refractivity contribution in [2.24, 2.45) is 17.8 Å². The number of benzene rings is 1. The predicted molar refractivity (Wildman–Crippen MR) is 113 cm³/mol. The molecule has 1 aromatic rings. The van der Waals surface area contributed by atoms with Gasteiger partial charge in [-0.1, -0.05) is 12.2 Å². The van der Waals surface area contributed by atoms with Gasteiger partial charge in [0.15, 0.2) is 0 Å². The van der Waals surface area contributed by atoms with Gasteiger partial charge in [-0.25, -0.2) is 8.42 Å². The first-order chi connectivity index (χ1) is 14.8. The van der Waals surface area contributed by atoms with E-state index in [1.165, 1.54) is 28.6 Å². The van der Waals surface area contributed by atoms with E-state index in [0.29, 0.717) is 19.1 Å². The molecule has 3 fully saturated rings. The third-order valence-corrected chi connectivity index (χ3v) is 8.72. The number of carboxylic acids is 1. The van der Waals surface area contributed by atoms with Gasteiger partial charge >= 0.3 is 5.97 Å². The van der Waals surface area contributed by atoms with Crippen LogP contribution in [0, 0.1) is 27.9 Å². The molecular weight excluding hydrogens is 422 g/mol. The summed E-state index contributed by atoms with van der Waals surface area (Å²) in [7, 11) is -3.77. The second-order valence-electron chi connectivity index (χ2n) is 8.64. The standard InChI is InChI=1S/C21H27N3O6S/c25-20(26)5-1-3-15-10-12-22-11-2-4-16-13-23(14-19(15)21(16)22)31(29,30)18-8-6-17(7-9-18)24(27)28/h1,3,6-9,15-16,19,21H,2,4-5,10-14H2,(H,25,26)/b3-1+. The number of nitro benzene ring substituents is 1. The van der Waals surface area contributed by atoms with Gasteiger partial charge in [0, 0.05) is 31.3 Å². The third-order valence-electron chi connectivity index (χ3n) is 6.88. The minimum atomic E-state index is -3.77. The van der Waals surface area contributed by atoms with Crippen LogP contribution in [0.1, 0.15) is 25.7 Å². The van der Waals surface area contributed by atoms with Gasteiger partial charge in [-0.05, 0) is 62.2 Å². The normalized spacial score (nSPS) is 29.5. The van der Waals surface area contributed by atoms with Crippen molar-refractivity contribution in [1.29, 1.82) is 0 Å². The van der Waals surface area contributed by atoms with E-state index in [1.54, 1.807) is 6.08 Å². The third kappa shape index (κ3) is 4.37. The summed E-state index contributed by atoms with van der Waals surface area (Å²) in [6.07, 6.45) is 6.50. The van der Waals surface area contributed by atoms with E-state index >= 15 is 0 Å². The number of nitrogens with zero attached hydrogens (tertiary/aromatic N) is 3. The Morgan fingerprint density at radius 3 is 2.61 bits per heavy atom. The summed E-state index contributed by atoms with van der Waals surface area (Å²) < 4.78 is 28.3. The Morgan fingerprint density at radius 1 is 1.19 bits per heavy atom. The zero-order valence-electron chi connectivity index (χ0n) is 17.2. The lowest BCUT2D eigenvalue weighted by Crippen LogP contribution is -2.63. The van der Waals surface area contributed by atoms with Crippen LogP contribution in [0.5, 0.6) is 0 Å². The summed E-state index contributed by atoms with van der Waals surface area (Å²) in [6.45, 7) is 2.80. The molecule has 10 heteroatoms. The molecule has 0 bridgehead atoms. The Morgan fingerprint density at radius 2 is 1.94 bits per heavy atom. The van der Waals surface area contributed by atoms with Crippen molar-refractivity contribution in [2.45, 2.75) is 36.6 Å². The van der Waals surface area contributed by atoms with Crippen molar-refractivity contribution in [3.05, 3.63) is 46.5 Å². The minimum Gasteiger partial charge on any atom is -0.481 e. The number of piperidine rings is 3. The molecule has 0 aliphatic carbocycles. The summed E-state index contributed by atoms with van der Waals surface area (Å²) in [4.78, 5) is 23.8. The molecule has 3 aliphatic heterocycles. The van der Waals surface area contributed by atoms with Crippen LogP contribution >= 0.6 is 0 Å². The highest BCUT2D eigenvalue weighted by molar-refractivity contribution is 7.89. The lowest BCUT2D eigenvalue weighted by atomic mass is 9.69. The number of rotatable bonds is 6. The molecule has 4 unspecified atom stereocenters. The Hall–Kier alpha value is -2.30. The Balaban J connectivity index is 1.60. The molecule has 1 N–H and O–H groups in total. The molecule has 9 nitrogen and oxygen atoms in total. The SMILES string of the molecule is O=C(O)C/C=C/C1CCN2CCCC3CN(S(=O)(=O)c4ccc([N+](=O)[O-])cc4)CC1C32. The fourth-order valence-electron chi connectivity index (χ4n) is 5.52. The van der Waals surface area contributed by atoms with Gasteiger partial charge in [0.1, 0.15) is 0 Å². The van der Waals surface area contributed by atoms with Crippen molar-refractivity contribution >= 4 is 21.7 Å². The van der Waals surface area contributed by atoms with Gasteiger partial charge in [-0.2, -0.15) is 4.31 Å². The average molecular weight is 450 g/mol. The molecule has 0 amide bonds. The van der Waals surface area contributed by atoms with Gasteiger partial charge in [0.25, 0.3) is 5.69 Å². The van der Waals surface area contributed by atoms with Gasteiger partial charge in [0.05, 0.1) is 16.2 Å². The van der Waals surface area contributed by atoms with E-state index in [-0.39, 0.29) is 34.8 Å². The molecule has 3 saturated heterocycles. The van der Waals surface area contributed by atoms with E-state index in [1.807, 2.05) is 6.08 Å². The van der Waals surface area contributed by atoms with Crippen molar-refractivity contribution in [1.82, 2.24) is 9.21 Å². The highest BCUT2D eigenvalue weighted by atomic mass is 32.2. The zero-order chi connectivity index (χ0) is 22.2. The van der Waals surface area contributed by atoms with Crippen LogP contribution in [-0.4, -0.2) is 65.8 Å². The average Bonchev–Trinajstić information content (AvgIpc) is 2.75. The summed E-state index contributed by atoms with van der Waals surface area (Å²) in [5, 5.41) is 19.8. The number of hydrogen-bond donors (Lipinski definition) is 1. The van der Waals surface area contributed by atoms with E-state index < -0.39 is 20.9 Å². The van der Waals surface area contributed by atoms with E-state index in [9.17, 15) is 23.3 Å². The molecule has 3 heterocycles. The summed E-state index contributed by atoms with van der Waals surface area (Å²) in [6, 6.07) is 5.36. The monoisotopic (exact) mass is 449 g/mol. The molecule has 0 radical (unpaired) electrons. The molecule has 4 atom stereocenters. The maximum Gasteiger partial charge on any atom is 0.307 e. The smallest absolute Gasteiger partial charge is 0.307 e. The second kappa shape index (κ2) is 8.68. The second-order valence-corrected chi connectivity index (χ2v) is 10.6. The summed E-state index contributed by atoms with van der Waals surface area (Å²) >= 11 is 0. The highest BCUT2D eigenvalue weighted by Gasteiger charge is 2.49. The van der Waals surface area contributed by atoms with E-state index in [2.05, 4.69) is 4.90 Å². The van der Waals surface area contributed by atoms with Crippen LogP contribution < -0.4 is 0 Å². The van der Waals surface area contributed by atoms with Crippen LogP contribution in [0.3, 0.4) is 0 Å². The van der Waals surface area contributed by atoms with Gasteiger partial charge in [-0.3, -0.25) is 19.8 Å². The van der Waals surface area contributed by atoms with Crippen LogP contribution in [0.25, 0.3) is 0 Å². The number of hydrogen-bond acceptors (Lipinski definition) is 6. The fourth-order valence-corrected chi connectivity index (χ4v) is 7.05. The van der Waals surface area contributed by atoms with Crippen LogP contribution in [0.15, 0.2) is 41.3 Å². The minimum absolute atomic E-state index is 0.0359. The largest absolute Gasteiger partial charge is 0.481 e. The highest BCUT2D eigenvalue weighted by Crippen LogP contribution is 2.43. The summed E-state index contributed by atoms with van der Waals surface area (Å²) in [5.74, 6) is -0.409. The molecule has 1 aromatic carbocycles. The first-order valence-electron chi connectivity index (χ1n) is 10.6. The quantitative estimate of drug-likeness (QED) is 0.402. The van der Waals surface area contributed by atoms with Gasteiger partial charge in [-0.15, -0.1) is 0 Å². The Bertz CT molecular complexity index is 977. The summed E-state index contributed by atoms with van der Waals surface area (Å²) in [5.41, 5.74) is -0.142. The van der Waals surface area contributed by atoms with Crippen LogP contribution in [0.2, 0.25) is 0 Å². The number of carbonyl (C=O) groups is 1. The predicted octanol–water partition coefficient (Wildman–Crippen LogP) is 2.35. The molecule has 4 rings (SSSR count). The topological polar surface area (TPSA) is 121 Å². The number of sulfonamides is 1. The lowest BCUT2D eigenvalue weighted by Gasteiger charge is -2.55. The maximum absolute atomic E-state index is 13.4. The van der Waals surface area contributed by atoms with Crippen molar-refractivity contribution < 1.29 is 23.2 Å².